The lowest BCUT2D eigenvalue weighted by Crippen LogP contribution is -2.48. The van der Waals surface area contributed by atoms with Crippen molar-refractivity contribution in [3.05, 3.63) is 48.2 Å². The number of carbonyl (C=O) groups is 2. The molecule has 2 amide bonds. The molecule has 2 saturated heterocycles. The van der Waals surface area contributed by atoms with Gasteiger partial charge in [-0.05, 0) is 37.1 Å². The second kappa shape index (κ2) is 8.72. The molecule has 2 aliphatic rings. The molecule has 0 bridgehead atoms. The highest BCUT2D eigenvalue weighted by Crippen LogP contribution is 2.26. The maximum absolute atomic E-state index is 12.9. The zero-order valence-corrected chi connectivity index (χ0v) is 18.0. The average Bonchev–Trinajstić information content (AvgIpc) is 3.31. The number of hydrogen-bond donors (Lipinski definition) is 1. The van der Waals surface area contributed by atoms with Crippen molar-refractivity contribution in [2.24, 2.45) is 11.7 Å². The van der Waals surface area contributed by atoms with E-state index in [2.05, 4.69) is 4.90 Å². The van der Waals surface area contributed by atoms with E-state index < -0.39 is 15.9 Å². The Morgan fingerprint density at radius 1 is 0.903 bits per heavy atom. The summed E-state index contributed by atoms with van der Waals surface area (Å²) in [5, 5.41) is -0.253. The van der Waals surface area contributed by atoms with E-state index in [1.54, 1.807) is 4.90 Å². The summed E-state index contributed by atoms with van der Waals surface area (Å²) in [6.45, 7) is 2.82. The number of para-hydroxylation sites is 1. The van der Waals surface area contributed by atoms with Gasteiger partial charge in [0.05, 0.1) is 0 Å². The SMILES string of the molecule is NC(=O)C1CCN(S(=O)(=O)c2ccc(C(=O)N3CCN(c4ccccc4)CC3)o2)CC1. The Morgan fingerprint density at radius 3 is 2.16 bits per heavy atom. The highest BCUT2D eigenvalue weighted by Gasteiger charge is 2.34. The monoisotopic (exact) mass is 446 g/mol. The van der Waals surface area contributed by atoms with Gasteiger partial charge in [-0.1, -0.05) is 18.2 Å². The van der Waals surface area contributed by atoms with E-state index >= 15 is 0 Å². The molecule has 0 radical (unpaired) electrons. The van der Waals surface area contributed by atoms with Crippen LogP contribution in [-0.2, 0) is 14.8 Å². The Balaban J connectivity index is 1.38. The first-order valence-electron chi connectivity index (χ1n) is 10.3. The number of piperidine rings is 1. The number of piperazine rings is 1. The lowest BCUT2D eigenvalue weighted by atomic mass is 9.98. The molecule has 0 saturated carbocycles. The molecule has 2 N–H and O–H groups in total. The van der Waals surface area contributed by atoms with E-state index in [1.807, 2.05) is 30.3 Å². The van der Waals surface area contributed by atoms with Gasteiger partial charge in [0.15, 0.2) is 5.76 Å². The van der Waals surface area contributed by atoms with Crippen LogP contribution in [0.3, 0.4) is 0 Å². The van der Waals surface area contributed by atoms with Crippen LogP contribution < -0.4 is 10.6 Å². The van der Waals surface area contributed by atoms with Gasteiger partial charge in [0.1, 0.15) is 0 Å². The number of nitrogens with two attached hydrogens (primary N) is 1. The number of nitrogens with zero attached hydrogens (tertiary/aromatic N) is 3. The van der Waals surface area contributed by atoms with Gasteiger partial charge in [0.25, 0.3) is 15.9 Å². The third-order valence-corrected chi connectivity index (χ3v) is 7.70. The standard InChI is InChI=1S/C21H26N4O5S/c22-20(26)16-8-10-25(11-9-16)31(28,29)19-7-6-18(30-19)21(27)24-14-12-23(13-15-24)17-4-2-1-3-5-17/h1-7,16H,8-15H2,(H2,22,26). The van der Waals surface area contributed by atoms with Gasteiger partial charge in [-0.15, -0.1) is 0 Å². The minimum absolute atomic E-state index is 0.0127. The van der Waals surface area contributed by atoms with Gasteiger partial charge >= 0.3 is 0 Å². The Morgan fingerprint density at radius 2 is 1.55 bits per heavy atom. The van der Waals surface area contributed by atoms with E-state index in [4.69, 9.17) is 10.2 Å². The summed E-state index contributed by atoms with van der Waals surface area (Å²) in [7, 11) is -3.86. The zero-order valence-electron chi connectivity index (χ0n) is 17.1. The second-order valence-corrected chi connectivity index (χ2v) is 9.68. The molecule has 0 aliphatic carbocycles. The molecule has 3 heterocycles. The third kappa shape index (κ3) is 4.45. The second-order valence-electron chi connectivity index (χ2n) is 7.81. The minimum atomic E-state index is -3.86. The summed E-state index contributed by atoms with van der Waals surface area (Å²) >= 11 is 0. The molecular formula is C21H26N4O5S. The predicted molar refractivity (Wildman–Crippen MR) is 114 cm³/mol. The predicted octanol–water partition coefficient (Wildman–Crippen LogP) is 1.13. The quantitative estimate of drug-likeness (QED) is 0.736. The van der Waals surface area contributed by atoms with Crippen LogP contribution in [0.4, 0.5) is 5.69 Å². The van der Waals surface area contributed by atoms with Gasteiger partial charge < -0.3 is 20.0 Å². The first-order valence-corrected chi connectivity index (χ1v) is 11.8. The molecule has 2 fully saturated rings. The molecule has 10 heteroatoms. The molecule has 1 aromatic carbocycles. The number of rotatable bonds is 5. The van der Waals surface area contributed by atoms with Crippen molar-refractivity contribution < 1.29 is 22.4 Å². The summed E-state index contributed by atoms with van der Waals surface area (Å²) in [6.07, 6.45) is 0.763. The van der Waals surface area contributed by atoms with Crippen molar-refractivity contribution in [2.45, 2.75) is 17.9 Å². The summed E-state index contributed by atoms with van der Waals surface area (Å²) in [5.41, 5.74) is 6.42. The van der Waals surface area contributed by atoms with Crippen molar-refractivity contribution >= 4 is 27.5 Å². The molecule has 0 atom stereocenters. The van der Waals surface area contributed by atoms with Crippen molar-refractivity contribution in [1.82, 2.24) is 9.21 Å². The van der Waals surface area contributed by atoms with Crippen molar-refractivity contribution in [1.29, 1.82) is 0 Å². The van der Waals surface area contributed by atoms with Gasteiger partial charge in [0.2, 0.25) is 11.0 Å². The molecule has 4 rings (SSSR count). The number of anilines is 1. The van der Waals surface area contributed by atoms with Crippen LogP contribution in [0, 0.1) is 5.92 Å². The highest BCUT2D eigenvalue weighted by molar-refractivity contribution is 7.89. The smallest absolute Gasteiger partial charge is 0.289 e. The number of primary amides is 1. The highest BCUT2D eigenvalue weighted by atomic mass is 32.2. The van der Waals surface area contributed by atoms with E-state index in [9.17, 15) is 18.0 Å². The first-order chi connectivity index (χ1) is 14.9. The Hall–Kier alpha value is -2.85. The maximum Gasteiger partial charge on any atom is 0.289 e. The normalized spacial score (nSPS) is 18.8. The Labute approximate surface area is 181 Å². The Bertz CT molecular complexity index is 1040. The van der Waals surface area contributed by atoms with Crippen LogP contribution in [0.2, 0.25) is 0 Å². The molecular weight excluding hydrogens is 420 g/mol. The van der Waals surface area contributed by atoms with Crippen molar-refractivity contribution in [2.75, 3.05) is 44.2 Å². The fourth-order valence-electron chi connectivity index (χ4n) is 4.04. The van der Waals surface area contributed by atoms with Gasteiger partial charge in [-0.3, -0.25) is 9.59 Å². The number of carbonyl (C=O) groups excluding carboxylic acids is 2. The minimum Gasteiger partial charge on any atom is -0.438 e. The van der Waals surface area contributed by atoms with Crippen molar-refractivity contribution in [3.63, 3.8) is 0 Å². The van der Waals surface area contributed by atoms with Gasteiger partial charge in [-0.25, -0.2) is 8.42 Å². The Kier molecular flexibility index (Phi) is 6.01. The summed E-state index contributed by atoms with van der Waals surface area (Å²) in [5.74, 6) is -1.02. The van der Waals surface area contributed by atoms with Crippen LogP contribution in [0.15, 0.2) is 52.0 Å². The van der Waals surface area contributed by atoms with Crippen LogP contribution >= 0.6 is 0 Å². The van der Waals surface area contributed by atoms with E-state index in [0.717, 1.165) is 5.69 Å². The van der Waals surface area contributed by atoms with Crippen LogP contribution in [0.5, 0.6) is 0 Å². The molecule has 0 unspecified atom stereocenters. The van der Waals surface area contributed by atoms with Gasteiger partial charge in [-0.2, -0.15) is 4.31 Å². The maximum atomic E-state index is 12.9. The average molecular weight is 447 g/mol. The summed E-state index contributed by atoms with van der Waals surface area (Å²) in [4.78, 5) is 28.0. The van der Waals surface area contributed by atoms with Gasteiger partial charge in [0, 0.05) is 50.9 Å². The zero-order chi connectivity index (χ0) is 22.0. The first kappa shape index (κ1) is 21.4. The lowest BCUT2D eigenvalue weighted by molar-refractivity contribution is -0.122. The fraction of sp³-hybridized carbons (Fsp3) is 0.429. The number of benzene rings is 1. The third-order valence-electron chi connectivity index (χ3n) is 5.93. The van der Waals surface area contributed by atoms with Crippen LogP contribution in [-0.4, -0.2) is 68.7 Å². The van der Waals surface area contributed by atoms with Crippen LogP contribution in [0.25, 0.3) is 0 Å². The fourth-order valence-corrected chi connectivity index (χ4v) is 5.43. The largest absolute Gasteiger partial charge is 0.438 e. The molecule has 9 nitrogen and oxygen atoms in total. The summed E-state index contributed by atoms with van der Waals surface area (Å²) < 4.78 is 32.5. The molecule has 31 heavy (non-hydrogen) atoms. The van der Waals surface area contributed by atoms with Crippen LogP contribution in [0.1, 0.15) is 23.4 Å². The summed E-state index contributed by atoms with van der Waals surface area (Å²) in [6, 6.07) is 12.7. The number of sulfonamides is 1. The molecule has 0 spiro atoms. The molecule has 2 aromatic rings. The number of hydrogen-bond acceptors (Lipinski definition) is 6. The van der Waals surface area contributed by atoms with E-state index in [1.165, 1.54) is 16.4 Å². The molecule has 166 valence electrons. The van der Waals surface area contributed by atoms with E-state index in [-0.39, 0.29) is 35.8 Å². The molecule has 2 aliphatic heterocycles. The van der Waals surface area contributed by atoms with Crippen molar-refractivity contribution in [3.8, 4) is 0 Å². The molecule has 1 aromatic heterocycles. The van der Waals surface area contributed by atoms with E-state index in [0.29, 0.717) is 39.0 Å². The lowest BCUT2D eigenvalue weighted by Gasteiger charge is -2.35. The number of amides is 2. The number of furan rings is 1. The topological polar surface area (TPSA) is 117 Å².